The van der Waals surface area contributed by atoms with Gasteiger partial charge < -0.3 is 10.1 Å². The summed E-state index contributed by atoms with van der Waals surface area (Å²) in [4.78, 5) is 4.60. The molecule has 0 aliphatic rings. The van der Waals surface area contributed by atoms with Crippen molar-refractivity contribution in [2.75, 3.05) is 18.5 Å². The third-order valence-electron chi connectivity index (χ3n) is 3.38. The maximum absolute atomic E-state index is 5.51. The van der Waals surface area contributed by atoms with E-state index < -0.39 is 0 Å². The van der Waals surface area contributed by atoms with Crippen LogP contribution in [-0.2, 0) is 0 Å². The smallest absolute Gasteiger partial charge is 0.183 e. The van der Waals surface area contributed by atoms with Crippen molar-refractivity contribution < 1.29 is 4.74 Å². The summed E-state index contributed by atoms with van der Waals surface area (Å²) in [6.07, 6.45) is 0. The Morgan fingerprint density at radius 1 is 1.32 bits per heavy atom. The zero-order valence-corrected chi connectivity index (χ0v) is 12.9. The molecular weight excluding hydrogens is 256 g/mol. The SMILES string of the molecule is CCOc1ccc2nc(NCC(C)C(C)C)sc2c1. The van der Waals surface area contributed by atoms with Crippen LogP contribution >= 0.6 is 11.3 Å². The Morgan fingerprint density at radius 3 is 2.79 bits per heavy atom. The Hall–Kier alpha value is -1.29. The number of nitrogens with zero attached hydrogens (tertiary/aromatic N) is 1. The summed E-state index contributed by atoms with van der Waals surface area (Å²) >= 11 is 1.69. The van der Waals surface area contributed by atoms with E-state index in [1.807, 2.05) is 19.1 Å². The first kappa shape index (κ1) is 14.1. The van der Waals surface area contributed by atoms with Gasteiger partial charge in [0.25, 0.3) is 0 Å². The number of nitrogens with one attached hydrogen (secondary N) is 1. The molecule has 0 amide bonds. The van der Waals surface area contributed by atoms with Gasteiger partial charge in [-0.05, 0) is 37.0 Å². The fourth-order valence-electron chi connectivity index (χ4n) is 1.72. The Bertz CT molecular complexity index is 536. The van der Waals surface area contributed by atoms with Crippen LogP contribution in [0.25, 0.3) is 10.2 Å². The van der Waals surface area contributed by atoms with E-state index in [-0.39, 0.29) is 0 Å². The van der Waals surface area contributed by atoms with Crippen molar-refractivity contribution in [1.82, 2.24) is 4.98 Å². The summed E-state index contributed by atoms with van der Waals surface area (Å²) in [5, 5.41) is 4.43. The number of aromatic nitrogens is 1. The highest BCUT2D eigenvalue weighted by Crippen LogP contribution is 2.29. The number of anilines is 1. The van der Waals surface area contributed by atoms with E-state index in [2.05, 4.69) is 37.1 Å². The van der Waals surface area contributed by atoms with Gasteiger partial charge in [-0.1, -0.05) is 32.1 Å². The van der Waals surface area contributed by atoms with Crippen molar-refractivity contribution in [2.24, 2.45) is 11.8 Å². The molecule has 0 aliphatic carbocycles. The largest absolute Gasteiger partial charge is 0.494 e. The van der Waals surface area contributed by atoms with Gasteiger partial charge in [0.2, 0.25) is 0 Å². The van der Waals surface area contributed by atoms with Gasteiger partial charge in [0.15, 0.2) is 5.13 Å². The number of benzene rings is 1. The van der Waals surface area contributed by atoms with Gasteiger partial charge in [0.1, 0.15) is 5.75 Å². The van der Waals surface area contributed by atoms with Crippen molar-refractivity contribution in [3.05, 3.63) is 18.2 Å². The van der Waals surface area contributed by atoms with Crippen molar-refractivity contribution in [1.29, 1.82) is 0 Å². The summed E-state index contributed by atoms with van der Waals surface area (Å²) in [7, 11) is 0. The lowest BCUT2D eigenvalue weighted by Gasteiger charge is -2.15. The number of fused-ring (bicyclic) bond motifs is 1. The topological polar surface area (TPSA) is 34.1 Å². The lowest BCUT2D eigenvalue weighted by molar-refractivity contribution is 0.341. The highest BCUT2D eigenvalue weighted by Gasteiger charge is 2.09. The minimum atomic E-state index is 0.644. The van der Waals surface area contributed by atoms with Crippen molar-refractivity contribution in [3.63, 3.8) is 0 Å². The minimum absolute atomic E-state index is 0.644. The molecule has 0 saturated heterocycles. The molecule has 2 rings (SSSR count). The highest BCUT2D eigenvalue weighted by molar-refractivity contribution is 7.22. The average Bonchev–Trinajstić information content (AvgIpc) is 2.78. The summed E-state index contributed by atoms with van der Waals surface area (Å²) in [5.41, 5.74) is 1.04. The molecule has 0 bridgehead atoms. The number of hydrogen-bond acceptors (Lipinski definition) is 4. The maximum atomic E-state index is 5.51. The number of ether oxygens (including phenoxy) is 1. The van der Waals surface area contributed by atoms with Gasteiger partial charge in [-0.15, -0.1) is 0 Å². The molecule has 2 aromatic rings. The van der Waals surface area contributed by atoms with E-state index in [4.69, 9.17) is 4.74 Å². The molecule has 0 spiro atoms. The first-order chi connectivity index (χ1) is 9.10. The molecule has 0 saturated carbocycles. The van der Waals surface area contributed by atoms with Crippen molar-refractivity contribution >= 4 is 26.7 Å². The predicted molar refractivity (Wildman–Crippen MR) is 83.3 cm³/mol. The van der Waals surface area contributed by atoms with Crippen LogP contribution in [0.1, 0.15) is 27.7 Å². The fourth-order valence-corrected chi connectivity index (χ4v) is 2.62. The lowest BCUT2D eigenvalue weighted by Crippen LogP contribution is -2.15. The van der Waals surface area contributed by atoms with E-state index >= 15 is 0 Å². The van der Waals surface area contributed by atoms with Crippen molar-refractivity contribution in [3.8, 4) is 5.75 Å². The monoisotopic (exact) mass is 278 g/mol. The zero-order valence-electron chi connectivity index (χ0n) is 12.1. The Labute approximate surface area is 119 Å². The van der Waals surface area contributed by atoms with Crippen LogP contribution in [0.15, 0.2) is 18.2 Å². The fraction of sp³-hybridized carbons (Fsp3) is 0.533. The van der Waals surface area contributed by atoms with Gasteiger partial charge in [-0.3, -0.25) is 0 Å². The quantitative estimate of drug-likeness (QED) is 0.850. The van der Waals surface area contributed by atoms with E-state index in [1.165, 1.54) is 4.70 Å². The van der Waals surface area contributed by atoms with Gasteiger partial charge in [0.05, 0.1) is 16.8 Å². The molecule has 4 heteroatoms. The molecule has 1 heterocycles. The average molecular weight is 278 g/mol. The standard InChI is InChI=1S/C15H22N2OS/c1-5-18-12-6-7-13-14(8-12)19-15(17-13)16-9-11(4)10(2)3/h6-8,10-11H,5,9H2,1-4H3,(H,16,17). The number of hydrogen-bond donors (Lipinski definition) is 1. The molecule has 1 unspecified atom stereocenters. The molecular formula is C15H22N2OS. The summed E-state index contributed by atoms with van der Waals surface area (Å²) in [5.74, 6) is 2.25. The molecule has 1 aromatic carbocycles. The minimum Gasteiger partial charge on any atom is -0.494 e. The normalized spacial score (nSPS) is 12.9. The molecule has 0 aliphatic heterocycles. The molecule has 1 atom stereocenters. The lowest BCUT2D eigenvalue weighted by atomic mass is 9.98. The second kappa shape index (κ2) is 6.24. The summed E-state index contributed by atoms with van der Waals surface area (Å²) in [6, 6.07) is 6.06. The number of rotatable bonds is 6. The Kier molecular flexibility index (Phi) is 4.64. The van der Waals surface area contributed by atoms with Crippen LogP contribution in [0, 0.1) is 11.8 Å². The second-order valence-electron chi connectivity index (χ2n) is 5.18. The van der Waals surface area contributed by atoms with E-state index in [0.717, 1.165) is 22.9 Å². The highest BCUT2D eigenvalue weighted by atomic mass is 32.1. The molecule has 104 valence electrons. The molecule has 0 fully saturated rings. The van der Waals surface area contributed by atoms with Crippen molar-refractivity contribution in [2.45, 2.75) is 27.7 Å². The van der Waals surface area contributed by atoms with Crippen LogP contribution in [0.4, 0.5) is 5.13 Å². The van der Waals surface area contributed by atoms with E-state index in [9.17, 15) is 0 Å². The first-order valence-electron chi connectivity index (χ1n) is 6.87. The molecule has 0 radical (unpaired) electrons. The van der Waals surface area contributed by atoms with Gasteiger partial charge in [0, 0.05) is 6.54 Å². The van der Waals surface area contributed by atoms with Crippen LogP contribution in [0.2, 0.25) is 0 Å². The summed E-state index contributed by atoms with van der Waals surface area (Å²) in [6.45, 7) is 10.4. The molecule has 19 heavy (non-hydrogen) atoms. The predicted octanol–water partition coefficient (Wildman–Crippen LogP) is 4.40. The maximum Gasteiger partial charge on any atom is 0.183 e. The van der Waals surface area contributed by atoms with Crippen LogP contribution in [0.3, 0.4) is 0 Å². The van der Waals surface area contributed by atoms with Gasteiger partial charge >= 0.3 is 0 Å². The summed E-state index contributed by atoms with van der Waals surface area (Å²) < 4.78 is 6.68. The van der Waals surface area contributed by atoms with E-state index in [1.54, 1.807) is 11.3 Å². The van der Waals surface area contributed by atoms with Crippen LogP contribution < -0.4 is 10.1 Å². The molecule has 1 aromatic heterocycles. The van der Waals surface area contributed by atoms with Crippen LogP contribution in [-0.4, -0.2) is 18.1 Å². The van der Waals surface area contributed by atoms with Gasteiger partial charge in [-0.2, -0.15) is 0 Å². The van der Waals surface area contributed by atoms with Gasteiger partial charge in [-0.25, -0.2) is 4.98 Å². The number of thiazole rings is 1. The Morgan fingerprint density at radius 2 is 2.11 bits per heavy atom. The molecule has 3 nitrogen and oxygen atoms in total. The zero-order chi connectivity index (χ0) is 13.8. The second-order valence-corrected chi connectivity index (χ2v) is 6.21. The first-order valence-corrected chi connectivity index (χ1v) is 7.69. The van der Waals surface area contributed by atoms with Crippen LogP contribution in [0.5, 0.6) is 5.75 Å². The third-order valence-corrected chi connectivity index (χ3v) is 4.36. The molecule has 1 N–H and O–H groups in total. The van der Waals surface area contributed by atoms with E-state index in [0.29, 0.717) is 18.4 Å². The Balaban J connectivity index is 2.08. The third kappa shape index (κ3) is 3.60.